The average Bonchev–Trinajstić information content (AvgIpc) is 2.52. The zero-order valence-corrected chi connectivity index (χ0v) is 12.6. The Labute approximate surface area is 129 Å². The van der Waals surface area contributed by atoms with E-state index in [2.05, 4.69) is 17.6 Å². The predicted molar refractivity (Wildman–Crippen MR) is 82.6 cm³/mol. The van der Waals surface area contributed by atoms with Crippen LogP contribution < -0.4 is 10.6 Å². The Morgan fingerprint density at radius 1 is 1.18 bits per heavy atom. The molecule has 0 bridgehead atoms. The van der Waals surface area contributed by atoms with Crippen LogP contribution in [0.2, 0.25) is 0 Å². The summed E-state index contributed by atoms with van der Waals surface area (Å²) in [4.78, 5) is 33.5. The minimum atomic E-state index is -0.570. The van der Waals surface area contributed by atoms with E-state index in [0.29, 0.717) is 6.54 Å². The van der Waals surface area contributed by atoms with Gasteiger partial charge in [-0.05, 0) is 12.5 Å². The van der Waals surface area contributed by atoms with E-state index >= 15 is 0 Å². The molecule has 0 heterocycles. The van der Waals surface area contributed by atoms with E-state index in [9.17, 15) is 19.7 Å². The molecular weight excluding hydrogens is 286 g/mol. The lowest BCUT2D eigenvalue weighted by Gasteiger charge is -2.07. The first-order valence-corrected chi connectivity index (χ1v) is 7.34. The Morgan fingerprint density at radius 2 is 1.95 bits per heavy atom. The van der Waals surface area contributed by atoms with Gasteiger partial charge in [0.15, 0.2) is 0 Å². The molecule has 0 fully saturated rings. The van der Waals surface area contributed by atoms with Crippen molar-refractivity contribution in [3.05, 3.63) is 39.9 Å². The molecule has 0 saturated heterocycles. The minimum absolute atomic E-state index is 0.144. The highest BCUT2D eigenvalue weighted by Crippen LogP contribution is 2.12. The molecule has 0 atom stereocenters. The van der Waals surface area contributed by atoms with Gasteiger partial charge in [0.2, 0.25) is 5.91 Å². The van der Waals surface area contributed by atoms with Crippen LogP contribution in [-0.4, -0.2) is 29.8 Å². The molecule has 2 N–H and O–H groups in total. The Kier molecular flexibility index (Phi) is 7.60. The maximum Gasteiger partial charge on any atom is 0.270 e. The number of nitrogens with zero attached hydrogens (tertiary/aromatic N) is 1. The fourth-order valence-electron chi connectivity index (χ4n) is 1.87. The van der Waals surface area contributed by atoms with E-state index in [0.717, 1.165) is 25.7 Å². The predicted octanol–water partition coefficient (Wildman–Crippen LogP) is 2.02. The standard InChI is InChI=1S/C15H21N3O4/c1-2-3-4-5-9-16-14(19)11-17-15(20)12-7-6-8-13(10-12)18(21)22/h6-8,10H,2-5,9,11H2,1H3,(H,16,19)(H,17,20). The fraction of sp³-hybridized carbons (Fsp3) is 0.467. The molecule has 0 aliphatic rings. The molecule has 2 amide bonds. The third kappa shape index (κ3) is 6.34. The number of hydrogen-bond donors (Lipinski definition) is 2. The lowest BCUT2D eigenvalue weighted by Crippen LogP contribution is -2.37. The third-order valence-electron chi connectivity index (χ3n) is 3.08. The molecule has 120 valence electrons. The first-order valence-electron chi connectivity index (χ1n) is 7.34. The minimum Gasteiger partial charge on any atom is -0.355 e. The largest absolute Gasteiger partial charge is 0.355 e. The number of non-ortho nitro benzene ring substituents is 1. The van der Waals surface area contributed by atoms with Crippen LogP contribution in [0.25, 0.3) is 0 Å². The number of nitro groups is 1. The Morgan fingerprint density at radius 3 is 2.64 bits per heavy atom. The van der Waals surface area contributed by atoms with Gasteiger partial charge in [-0.1, -0.05) is 32.3 Å². The first-order chi connectivity index (χ1) is 10.5. The van der Waals surface area contributed by atoms with Crippen molar-refractivity contribution in [3.8, 4) is 0 Å². The number of nitrogens with one attached hydrogen (secondary N) is 2. The second-order valence-electron chi connectivity index (χ2n) is 4.90. The molecule has 0 spiro atoms. The molecular formula is C15H21N3O4. The lowest BCUT2D eigenvalue weighted by molar-refractivity contribution is -0.384. The number of carbonyl (C=O) groups is 2. The van der Waals surface area contributed by atoms with Gasteiger partial charge in [-0.25, -0.2) is 0 Å². The van der Waals surface area contributed by atoms with Gasteiger partial charge in [0.25, 0.3) is 11.6 Å². The summed E-state index contributed by atoms with van der Waals surface area (Å²) in [6.45, 7) is 2.56. The molecule has 7 heteroatoms. The van der Waals surface area contributed by atoms with Crippen LogP contribution >= 0.6 is 0 Å². The quantitative estimate of drug-likeness (QED) is 0.414. The van der Waals surface area contributed by atoms with Crippen molar-refractivity contribution in [3.63, 3.8) is 0 Å². The number of hydrogen-bond acceptors (Lipinski definition) is 4. The molecule has 0 saturated carbocycles. The molecule has 1 aromatic rings. The summed E-state index contributed by atoms with van der Waals surface area (Å²) in [5.74, 6) is -0.778. The van der Waals surface area contributed by atoms with Crippen molar-refractivity contribution in [2.45, 2.75) is 32.6 Å². The van der Waals surface area contributed by atoms with Crippen LogP contribution in [0.4, 0.5) is 5.69 Å². The van der Waals surface area contributed by atoms with Crippen LogP contribution in [-0.2, 0) is 4.79 Å². The number of rotatable bonds is 9. The highest BCUT2D eigenvalue weighted by Gasteiger charge is 2.12. The van der Waals surface area contributed by atoms with Crippen LogP contribution in [0.5, 0.6) is 0 Å². The molecule has 0 aliphatic heterocycles. The molecule has 0 aliphatic carbocycles. The lowest BCUT2D eigenvalue weighted by atomic mass is 10.2. The van der Waals surface area contributed by atoms with E-state index in [1.807, 2.05) is 0 Å². The maximum atomic E-state index is 11.8. The normalized spacial score (nSPS) is 10.0. The van der Waals surface area contributed by atoms with Gasteiger partial charge in [0, 0.05) is 24.2 Å². The molecule has 7 nitrogen and oxygen atoms in total. The third-order valence-corrected chi connectivity index (χ3v) is 3.08. The molecule has 1 aromatic carbocycles. The summed E-state index contributed by atoms with van der Waals surface area (Å²) in [5, 5.41) is 15.8. The number of nitro benzene ring substituents is 1. The number of amides is 2. The average molecular weight is 307 g/mol. The van der Waals surface area contributed by atoms with E-state index < -0.39 is 10.8 Å². The topological polar surface area (TPSA) is 101 Å². The van der Waals surface area contributed by atoms with Crippen molar-refractivity contribution in [1.82, 2.24) is 10.6 Å². The van der Waals surface area contributed by atoms with Crippen LogP contribution in [0, 0.1) is 10.1 Å². The van der Waals surface area contributed by atoms with Gasteiger partial charge in [-0.3, -0.25) is 19.7 Å². The van der Waals surface area contributed by atoms with Gasteiger partial charge in [0.05, 0.1) is 11.5 Å². The molecule has 22 heavy (non-hydrogen) atoms. The Balaban J connectivity index is 2.34. The Hall–Kier alpha value is -2.44. The van der Waals surface area contributed by atoms with Crippen molar-refractivity contribution in [1.29, 1.82) is 0 Å². The van der Waals surface area contributed by atoms with Crippen molar-refractivity contribution in [2.24, 2.45) is 0 Å². The molecule has 1 rings (SSSR count). The van der Waals surface area contributed by atoms with Gasteiger partial charge in [0.1, 0.15) is 0 Å². The monoisotopic (exact) mass is 307 g/mol. The number of unbranched alkanes of at least 4 members (excludes halogenated alkanes) is 3. The summed E-state index contributed by atoms with van der Waals surface area (Å²) < 4.78 is 0. The highest BCUT2D eigenvalue weighted by atomic mass is 16.6. The van der Waals surface area contributed by atoms with Crippen LogP contribution in [0.3, 0.4) is 0 Å². The van der Waals surface area contributed by atoms with Crippen molar-refractivity contribution in [2.75, 3.05) is 13.1 Å². The van der Waals surface area contributed by atoms with Crippen LogP contribution in [0.15, 0.2) is 24.3 Å². The summed E-state index contributed by atoms with van der Waals surface area (Å²) in [5.41, 5.74) is -0.00188. The van der Waals surface area contributed by atoms with Gasteiger partial charge < -0.3 is 10.6 Å². The second-order valence-corrected chi connectivity index (χ2v) is 4.90. The van der Waals surface area contributed by atoms with Gasteiger partial charge in [-0.2, -0.15) is 0 Å². The summed E-state index contributed by atoms with van der Waals surface area (Å²) in [6, 6.07) is 5.38. The number of carbonyl (C=O) groups excluding carboxylic acids is 2. The first kappa shape index (κ1) is 17.6. The highest BCUT2D eigenvalue weighted by molar-refractivity contribution is 5.96. The summed E-state index contributed by atoms with van der Waals surface area (Å²) >= 11 is 0. The fourth-order valence-corrected chi connectivity index (χ4v) is 1.87. The van der Waals surface area contributed by atoms with E-state index in [-0.39, 0.29) is 23.7 Å². The molecule has 0 radical (unpaired) electrons. The van der Waals surface area contributed by atoms with Gasteiger partial charge >= 0.3 is 0 Å². The summed E-state index contributed by atoms with van der Waals surface area (Å²) in [7, 11) is 0. The van der Waals surface area contributed by atoms with E-state index in [4.69, 9.17) is 0 Å². The second kappa shape index (κ2) is 9.49. The zero-order valence-electron chi connectivity index (χ0n) is 12.6. The number of benzene rings is 1. The zero-order chi connectivity index (χ0) is 16.4. The maximum absolute atomic E-state index is 11.8. The SMILES string of the molecule is CCCCCCNC(=O)CNC(=O)c1cccc([N+](=O)[O-])c1. The Bertz CT molecular complexity index is 531. The van der Waals surface area contributed by atoms with E-state index in [1.54, 1.807) is 0 Å². The van der Waals surface area contributed by atoms with Gasteiger partial charge in [-0.15, -0.1) is 0 Å². The summed E-state index contributed by atoms with van der Waals surface area (Å²) in [6.07, 6.45) is 4.25. The molecule has 0 unspecified atom stereocenters. The molecule has 0 aromatic heterocycles. The smallest absolute Gasteiger partial charge is 0.270 e. The van der Waals surface area contributed by atoms with Crippen LogP contribution in [0.1, 0.15) is 43.0 Å². The van der Waals surface area contributed by atoms with Crippen molar-refractivity contribution >= 4 is 17.5 Å². The van der Waals surface area contributed by atoms with E-state index in [1.165, 1.54) is 24.3 Å². The van der Waals surface area contributed by atoms with Crippen molar-refractivity contribution < 1.29 is 14.5 Å².